The Hall–Kier alpha value is -2.68. The number of hydrogen-bond donors (Lipinski definition) is 1. The Morgan fingerprint density at radius 2 is 1.81 bits per heavy atom. The summed E-state index contributed by atoms with van der Waals surface area (Å²) in [4.78, 5) is 13.1. The van der Waals surface area contributed by atoms with Gasteiger partial charge in [0.25, 0.3) is 5.91 Å². The molecule has 3 aromatic carbocycles. The molecule has 0 saturated carbocycles. The zero-order chi connectivity index (χ0) is 22.0. The van der Waals surface area contributed by atoms with Gasteiger partial charge in [0.15, 0.2) is 0 Å². The second-order valence-corrected chi connectivity index (χ2v) is 9.98. The normalized spacial score (nSPS) is 14.0. The molecule has 0 bridgehead atoms. The molecule has 0 unspecified atom stereocenters. The smallest absolute Gasteiger partial charge is 0.256 e. The van der Waals surface area contributed by atoms with Crippen molar-refractivity contribution in [3.8, 4) is 5.75 Å². The molecule has 1 aliphatic heterocycles. The first-order valence-electron chi connectivity index (χ1n) is 9.70. The van der Waals surface area contributed by atoms with Gasteiger partial charge in [0.1, 0.15) is 5.75 Å². The number of methoxy groups -OCH3 is 1. The molecule has 0 radical (unpaired) electrons. The van der Waals surface area contributed by atoms with Crippen LogP contribution < -0.4 is 10.1 Å². The average molecular weight is 501 g/mol. The second kappa shape index (κ2) is 8.82. The van der Waals surface area contributed by atoms with E-state index in [9.17, 15) is 13.2 Å². The number of rotatable bonds is 5. The predicted molar refractivity (Wildman–Crippen MR) is 123 cm³/mol. The Bertz CT molecular complexity index is 1230. The number of hydrogen-bond acceptors (Lipinski definition) is 4. The van der Waals surface area contributed by atoms with Gasteiger partial charge in [-0.15, -0.1) is 0 Å². The second-order valence-electron chi connectivity index (χ2n) is 7.19. The van der Waals surface area contributed by atoms with E-state index in [1.807, 2.05) is 18.2 Å². The molecule has 3 aromatic rings. The monoisotopic (exact) mass is 500 g/mol. The molecule has 6 nitrogen and oxygen atoms in total. The highest BCUT2D eigenvalue weighted by molar-refractivity contribution is 9.10. The van der Waals surface area contributed by atoms with Gasteiger partial charge in [0, 0.05) is 23.2 Å². The fraction of sp³-hybridized carbons (Fsp3) is 0.174. The molecule has 0 saturated heterocycles. The standard InChI is InChI=1S/C23H21BrN2O4S/c1-30-19-9-10-22(24)21(14-19)23(27)25-18-8-7-16-11-12-26(15-17(16)13-18)31(28,29)20-5-3-2-4-6-20/h2-10,13-14H,11-12,15H2,1H3,(H,25,27). The number of nitrogens with one attached hydrogen (secondary N) is 1. The summed E-state index contributed by atoms with van der Waals surface area (Å²) in [6.45, 7) is 0.686. The molecule has 8 heteroatoms. The van der Waals surface area contributed by atoms with E-state index < -0.39 is 10.0 Å². The number of nitrogens with zero attached hydrogens (tertiary/aromatic N) is 1. The van der Waals surface area contributed by atoms with Crippen molar-refractivity contribution in [1.29, 1.82) is 0 Å². The van der Waals surface area contributed by atoms with Crippen molar-refractivity contribution in [1.82, 2.24) is 4.31 Å². The summed E-state index contributed by atoms with van der Waals surface area (Å²) in [5.74, 6) is 0.302. The fourth-order valence-corrected chi connectivity index (χ4v) is 5.43. The molecule has 1 aliphatic rings. The summed E-state index contributed by atoms with van der Waals surface area (Å²) in [5.41, 5.74) is 3.02. The summed E-state index contributed by atoms with van der Waals surface area (Å²) in [7, 11) is -2.03. The minimum atomic E-state index is -3.57. The van der Waals surface area contributed by atoms with Crippen molar-refractivity contribution in [2.24, 2.45) is 0 Å². The number of carbonyl (C=O) groups is 1. The molecular weight excluding hydrogens is 480 g/mol. The highest BCUT2D eigenvalue weighted by Crippen LogP contribution is 2.28. The van der Waals surface area contributed by atoms with Crippen molar-refractivity contribution in [3.63, 3.8) is 0 Å². The maximum atomic E-state index is 13.0. The highest BCUT2D eigenvalue weighted by atomic mass is 79.9. The predicted octanol–water partition coefficient (Wildman–Crippen LogP) is 4.46. The Balaban J connectivity index is 1.56. The number of halogens is 1. The first-order chi connectivity index (χ1) is 14.9. The third-order valence-electron chi connectivity index (χ3n) is 5.24. The Kier molecular flexibility index (Phi) is 6.13. The van der Waals surface area contributed by atoms with Gasteiger partial charge < -0.3 is 10.1 Å². The van der Waals surface area contributed by atoms with Crippen LogP contribution in [0.3, 0.4) is 0 Å². The highest BCUT2D eigenvalue weighted by Gasteiger charge is 2.28. The summed E-state index contributed by atoms with van der Waals surface area (Å²) in [6.07, 6.45) is 0.622. The number of amides is 1. The van der Waals surface area contributed by atoms with Crippen LogP contribution in [0.2, 0.25) is 0 Å². The van der Waals surface area contributed by atoms with E-state index in [0.29, 0.717) is 34.4 Å². The summed E-state index contributed by atoms with van der Waals surface area (Å²) in [5, 5.41) is 2.89. The van der Waals surface area contributed by atoms with Gasteiger partial charge in [0.2, 0.25) is 10.0 Å². The van der Waals surface area contributed by atoms with E-state index in [1.165, 1.54) is 4.31 Å². The maximum absolute atomic E-state index is 13.0. The van der Waals surface area contributed by atoms with Crippen molar-refractivity contribution >= 4 is 37.5 Å². The molecule has 0 spiro atoms. The van der Waals surface area contributed by atoms with E-state index >= 15 is 0 Å². The minimum Gasteiger partial charge on any atom is -0.497 e. The molecule has 31 heavy (non-hydrogen) atoms. The number of carbonyl (C=O) groups excluding carboxylic acids is 1. The summed E-state index contributed by atoms with van der Waals surface area (Å²) in [6, 6.07) is 19.2. The van der Waals surface area contributed by atoms with E-state index in [-0.39, 0.29) is 17.3 Å². The Labute approximate surface area is 190 Å². The number of anilines is 1. The van der Waals surface area contributed by atoms with Crippen LogP contribution in [0.25, 0.3) is 0 Å². The van der Waals surface area contributed by atoms with Crippen molar-refractivity contribution in [2.45, 2.75) is 17.9 Å². The third-order valence-corrected chi connectivity index (χ3v) is 7.79. The van der Waals surface area contributed by atoms with Crippen LogP contribution in [0.1, 0.15) is 21.5 Å². The topological polar surface area (TPSA) is 75.7 Å². The Morgan fingerprint density at radius 3 is 2.55 bits per heavy atom. The lowest BCUT2D eigenvalue weighted by atomic mass is 10.0. The average Bonchev–Trinajstić information content (AvgIpc) is 2.79. The third kappa shape index (κ3) is 4.51. The van der Waals surface area contributed by atoms with Gasteiger partial charge in [-0.05, 0) is 75.9 Å². The van der Waals surface area contributed by atoms with Crippen molar-refractivity contribution in [3.05, 3.63) is 87.9 Å². The van der Waals surface area contributed by atoms with Gasteiger partial charge in [-0.1, -0.05) is 24.3 Å². The van der Waals surface area contributed by atoms with Gasteiger partial charge in [-0.2, -0.15) is 4.31 Å². The van der Waals surface area contributed by atoms with E-state index in [0.717, 1.165) is 11.1 Å². The van der Waals surface area contributed by atoms with E-state index in [4.69, 9.17) is 4.74 Å². The lowest BCUT2D eigenvalue weighted by Gasteiger charge is -2.28. The van der Waals surface area contributed by atoms with Crippen LogP contribution >= 0.6 is 15.9 Å². The zero-order valence-electron chi connectivity index (χ0n) is 16.8. The van der Waals surface area contributed by atoms with Gasteiger partial charge in [-0.25, -0.2) is 8.42 Å². The van der Waals surface area contributed by atoms with Gasteiger partial charge in [-0.3, -0.25) is 4.79 Å². The SMILES string of the molecule is COc1ccc(Br)c(C(=O)Nc2ccc3c(c2)CN(S(=O)(=O)c2ccccc2)CC3)c1. The summed E-state index contributed by atoms with van der Waals surface area (Å²) < 4.78 is 33.3. The molecule has 160 valence electrons. The molecular formula is C23H21BrN2O4S. The lowest BCUT2D eigenvalue weighted by Crippen LogP contribution is -2.36. The van der Waals surface area contributed by atoms with Crippen LogP contribution in [-0.4, -0.2) is 32.3 Å². The molecule has 1 heterocycles. The quantitative estimate of drug-likeness (QED) is 0.561. The maximum Gasteiger partial charge on any atom is 0.256 e. The molecule has 0 aromatic heterocycles. The van der Waals surface area contributed by atoms with Crippen molar-refractivity contribution in [2.75, 3.05) is 19.0 Å². The van der Waals surface area contributed by atoms with Crippen LogP contribution in [0.5, 0.6) is 5.75 Å². The minimum absolute atomic E-state index is 0.263. The van der Waals surface area contributed by atoms with Gasteiger partial charge in [0.05, 0.1) is 17.6 Å². The van der Waals surface area contributed by atoms with E-state index in [1.54, 1.807) is 55.6 Å². The van der Waals surface area contributed by atoms with Crippen LogP contribution in [-0.2, 0) is 23.0 Å². The summed E-state index contributed by atoms with van der Waals surface area (Å²) >= 11 is 3.40. The number of benzene rings is 3. The lowest BCUT2D eigenvalue weighted by molar-refractivity contribution is 0.102. The van der Waals surface area contributed by atoms with Crippen LogP contribution in [0.15, 0.2) is 76.1 Å². The first-order valence-corrected chi connectivity index (χ1v) is 11.9. The molecule has 0 atom stereocenters. The van der Waals surface area contributed by atoms with Crippen LogP contribution in [0, 0.1) is 0 Å². The molecule has 1 amide bonds. The Morgan fingerprint density at radius 1 is 1.03 bits per heavy atom. The van der Waals surface area contributed by atoms with Crippen molar-refractivity contribution < 1.29 is 17.9 Å². The molecule has 0 fully saturated rings. The number of fused-ring (bicyclic) bond motifs is 1. The number of sulfonamides is 1. The van der Waals surface area contributed by atoms with Crippen LogP contribution in [0.4, 0.5) is 5.69 Å². The fourth-order valence-electron chi connectivity index (χ4n) is 3.56. The molecule has 4 rings (SSSR count). The molecule has 1 N–H and O–H groups in total. The van der Waals surface area contributed by atoms with Gasteiger partial charge >= 0.3 is 0 Å². The first kappa shape index (κ1) is 21.5. The van der Waals surface area contributed by atoms with E-state index in [2.05, 4.69) is 21.2 Å². The zero-order valence-corrected chi connectivity index (χ0v) is 19.2. The molecule has 0 aliphatic carbocycles. The largest absolute Gasteiger partial charge is 0.497 e. The number of ether oxygens (including phenoxy) is 1.